The summed E-state index contributed by atoms with van der Waals surface area (Å²) >= 11 is 0. The number of hydrogen-bond donors (Lipinski definition) is 1. The second kappa shape index (κ2) is 15.2. The number of carbonyl (C=O) groups excluding carboxylic acids is 2. The minimum absolute atomic E-state index is 0.130. The lowest BCUT2D eigenvalue weighted by Crippen LogP contribution is -2.35. The molecule has 0 unspecified atom stereocenters. The van der Waals surface area contributed by atoms with Crippen LogP contribution in [0.25, 0.3) is 38.8 Å². The number of hydrogen-bond acceptors (Lipinski definition) is 11. The number of aliphatic hydroxyl groups is 1. The Hall–Kier alpha value is -6.06. The highest BCUT2D eigenvalue weighted by atomic mass is 19.3. The molecule has 56 heavy (non-hydrogen) atoms. The number of fused-ring (bicyclic) bond motifs is 2. The third-order valence-corrected chi connectivity index (χ3v) is 9.57. The van der Waals surface area contributed by atoms with Crippen LogP contribution in [0.1, 0.15) is 60.9 Å². The summed E-state index contributed by atoms with van der Waals surface area (Å²) in [5.74, 6) is -0.277. The van der Waals surface area contributed by atoms with Gasteiger partial charge in [0.05, 0.1) is 54.5 Å². The molecule has 0 bridgehead atoms. The number of halogens is 2. The summed E-state index contributed by atoms with van der Waals surface area (Å²) in [6.07, 6.45) is 0.312. The molecule has 1 fully saturated rings. The lowest BCUT2D eigenvalue weighted by Gasteiger charge is -2.29. The van der Waals surface area contributed by atoms with E-state index in [1.807, 2.05) is 36.1 Å². The highest BCUT2D eigenvalue weighted by molar-refractivity contribution is 6.05. The summed E-state index contributed by atoms with van der Waals surface area (Å²) in [4.78, 5) is 42.4. The molecular formula is C41H41F2N7O6. The fourth-order valence-corrected chi connectivity index (χ4v) is 7.04. The SMILES string of the molecule is COc1cc(-n2ncc3c(-c4cccc(N(C(=O)OC(C)(C)C)c5nc(C(F)F)nc6cc(CN7CC[C@@H](O)C7)cnc56)c4C)cccc32)cc(OC)c1C=O. The van der Waals surface area contributed by atoms with Gasteiger partial charge >= 0.3 is 6.09 Å². The van der Waals surface area contributed by atoms with E-state index in [0.717, 1.165) is 22.0 Å². The summed E-state index contributed by atoms with van der Waals surface area (Å²) in [6.45, 7) is 8.58. The predicted molar refractivity (Wildman–Crippen MR) is 206 cm³/mol. The van der Waals surface area contributed by atoms with Crippen molar-refractivity contribution < 1.29 is 37.7 Å². The van der Waals surface area contributed by atoms with Gasteiger partial charge in [-0.3, -0.25) is 14.7 Å². The van der Waals surface area contributed by atoms with Crippen LogP contribution in [0.4, 0.5) is 25.1 Å². The molecule has 7 rings (SSSR count). The van der Waals surface area contributed by atoms with E-state index < -0.39 is 30.0 Å². The molecular weight excluding hydrogens is 724 g/mol. The molecule has 1 atom stereocenters. The Labute approximate surface area is 321 Å². The van der Waals surface area contributed by atoms with Gasteiger partial charge in [0.25, 0.3) is 6.43 Å². The second-order valence-electron chi connectivity index (χ2n) is 14.5. The van der Waals surface area contributed by atoms with Crippen LogP contribution in [0.2, 0.25) is 0 Å². The molecule has 3 aromatic heterocycles. The monoisotopic (exact) mass is 765 g/mol. The highest BCUT2D eigenvalue weighted by Gasteiger charge is 2.32. The fraction of sp³-hybridized carbons (Fsp3) is 0.317. The molecule has 3 aromatic carbocycles. The molecule has 1 amide bonds. The summed E-state index contributed by atoms with van der Waals surface area (Å²) in [5.41, 5.74) is 4.07. The van der Waals surface area contributed by atoms with Gasteiger partial charge in [-0.1, -0.05) is 24.3 Å². The van der Waals surface area contributed by atoms with Crippen molar-refractivity contribution in [2.75, 3.05) is 32.2 Å². The number of nitrogens with zero attached hydrogens (tertiary/aromatic N) is 7. The van der Waals surface area contributed by atoms with E-state index in [1.165, 1.54) is 19.1 Å². The number of alkyl halides is 2. The minimum atomic E-state index is -3.05. The number of methoxy groups -OCH3 is 2. The molecule has 0 aliphatic carbocycles. The van der Waals surface area contributed by atoms with E-state index in [0.29, 0.717) is 66.3 Å². The summed E-state index contributed by atoms with van der Waals surface area (Å²) in [6, 6.07) is 16.1. The Balaban J connectivity index is 1.38. The largest absolute Gasteiger partial charge is 0.496 e. The lowest BCUT2D eigenvalue weighted by molar-refractivity contribution is 0.0597. The van der Waals surface area contributed by atoms with Crippen LogP contribution in [-0.2, 0) is 11.3 Å². The molecule has 15 heteroatoms. The number of rotatable bonds is 10. The fourth-order valence-electron chi connectivity index (χ4n) is 7.04. The molecule has 0 saturated carbocycles. The first-order valence-corrected chi connectivity index (χ1v) is 18.0. The molecule has 13 nitrogen and oxygen atoms in total. The van der Waals surface area contributed by atoms with Gasteiger partial charge in [0.1, 0.15) is 22.6 Å². The summed E-state index contributed by atoms with van der Waals surface area (Å²) in [7, 11) is 2.94. The quantitative estimate of drug-likeness (QED) is 0.137. The predicted octanol–water partition coefficient (Wildman–Crippen LogP) is 7.75. The molecule has 1 aliphatic rings. The Morgan fingerprint density at radius 3 is 2.39 bits per heavy atom. The molecule has 290 valence electrons. The smallest absolute Gasteiger partial charge is 0.420 e. The van der Waals surface area contributed by atoms with E-state index in [9.17, 15) is 23.5 Å². The number of benzene rings is 3. The number of aliphatic hydroxyl groups excluding tert-OH is 1. The van der Waals surface area contributed by atoms with E-state index in [1.54, 1.807) is 68.2 Å². The molecule has 1 aliphatic heterocycles. The van der Waals surface area contributed by atoms with E-state index in [4.69, 9.17) is 14.2 Å². The standard InChI is InChI=1S/C41H41F2N7O6/c1-23-27(28-10-8-12-33-29(28)19-45-50(33)25-16-34(54-5)30(22-51)35(17-25)55-6)9-7-11-32(23)49(40(53)56-41(2,3)4)39-36-31(46-38(47-39)37(42)43)15-24(18-44-36)20-48-14-13-26(52)21-48/h7-12,15-19,22,26,37,52H,13-14,20-21H2,1-6H3/t26-/m1/s1. The number of anilines is 2. The molecule has 0 spiro atoms. The summed E-state index contributed by atoms with van der Waals surface area (Å²) < 4.78 is 47.5. The average molecular weight is 766 g/mol. The normalized spacial score (nSPS) is 14.8. The number of β-amino-alcohol motifs (C(OH)–C–C–N with tert-alkyl or cyclic N) is 1. The van der Waals surface area contributed by atoms with E-state index >= 15 is 0 Å². The van der Waals surface area contributed by atoms with Crippen molar-refractivity contribution >= 4 is 45.8 Å². The molecule has 1 N–H and O–H groups in total. The maximum atomic E-state index is 14.5. The van der Waals surface area contributed by atoms with Gasteiger partial charge in [0.15, 0.2) is 17.9 Å². The third-order valence-electron chi connectivity index (χ3n) is 9.57. The number of carbonyl (C=O) groups is 2. The maximum Gasteiger partial charge on any atom is 0.420 e. The molecule has 0 radical (unpaired) electrons. The topological polar surface area (TPSA) is 145 Å². The van der Waals surface area contributed by atoms with Gasteiger partial charge in [0, 0.05) is 43.4 Å². The maximum absolute atomic E-state index is 14.5. The Bertz CT molecular complexity index is 2440. The Kier molecular flexibility index (Phi) is 10.4. The zero-order valence-electron chi connectivity index (χ0n) is 31.8. The third kappa shape index (κ3) is 7.34. The van der Waals surface area contributed by atoms with Crippen LogP contribution < -0.4 is 14.4 Å². The molecule has 1 saturated heterocycles. The van der Waals surface area contributed by atoms with Crippen LogP contribution in [0, 0.1) is 6.92 Å². The number of aldehydes is 1. The number of likely N-dealkylation sites (tertiary alicyclic amines) is 1. The molecule has 6 aromatic rings. The van der Waals surface area contributed by atoms with Crippen molar-refractivity contribution in [3.63, 3.8) is 0 Å². The van der Waals surface area contributed by atoms with E-state index in [-0.39, 0.29) is 22.4 Å². The van der Waals surface area contributed by atoms with Crippen molar-refractivity contribution in [3.05, 3.63) is 89.5 Å². The van der Waals surface area contributed by atoms with Crippen LogP contribution >= 0.6 is 0 Å². The van der Waals surface area contributed by atoms with Crippen molar-refractivity contribution in [1.29, 1.82) is 0 Å². The van der Waals surface area contributed by atoms with Crippen LogP contribution in [0.3, 0.4) is 0 Å². The van der Waals surface area contributed by atoms with Gasteiger partial charge in [-0.15, -0.1) is 0 Å². The van der Waals surface area contributed by atoms with E-state index in [2.05, 4.69) is 20.1 Å². The number of ether oxygens (including phenoxy) is 3. The lowest BCUT2D eigenvalue weighted by atomic mass is 9.96. The first-order chi connectivity index (χ1) is 26.8. The minimum Gasteiger partial charge on any atom is -0.496 e. The number of amides is 1. The molecule has 4 heterocycles. The zero-order valence-corrected chi connectivity index (χ0v) is 31.8. The second-order valence-corrected chi connectivity index (χ2v) is 14.5. The highest BCUT2D eigenvalue weighted by Crippen LogP contribution is 2.40. The zero-order chi connectivity index (χ0) is 39.9. The first kappa shape index (κ1) is 38.2. The van der Waals surface area contributed by atoms with Gasteiger partial charge in [-0.2, -0.15) is 5.10 Å². The summed E-state index contributed by atoms with van der Waals surface area (Å²) in [5, 5.41) is 15.5. The van der Waals surface area contributed by atoms with Gasteiger partial charge in [0.2, 0.25) is 0 Å². The Morgan fingerprint density at radius 1 is 1.04 bits per heavy atom. The van der Waals surface area contributed by atoms with Crippen LogP contribution in [0.5, 0.6) is 11.5 Å². The Morgan fingerprint density at radius 2 is 1.75 bits per heavy atom. The number of aromatic nitrogens is 5. The average Bonchev–Trinajstić information content (AvgIpc) is 3.79. The van der Waals surface area contributed by atoms with Gasteiger partial charge in [-0.05, 0) is 74.6 Å². The number of pyridine rings is 1. The van der Waals surface area contributed by atoms with Crippen LogP contribution in [-0.4, -0.2) is 86.1 Å². The van der Waals surface area contributed by atoms with Gasteiger partial charge in [-0.25, -0.2) is 33.1 Å². The van der Waals surface area contributed by atoms with Crippen LogP contribution in [0.15, 0.2) is 67.0 Å². The van der Waals surface area contributed by atoms with Crippen molar-refractivity contribution in [1.82, 2.24) is 29.6 Å². The van der Waals surface area contributed by atoms with Crippen molar-refractivity contribution in [3.8, 4) is 28.3 Å². The first-order valence-electron chi connectivity index (χ1n) is 18.0. The van der Waals surface area contributed by atoms with Crippen molar-refractivity contribution in [2.24, 2.45) is 0 Å². The van der Waals surface area contributed by atoms with Gasteiger partial charge < -0.3 is 19.3 Å². The van der Waals surface area contributed by atoms with Crippen molar-refractivity contribution in [2.45, 2.75) is 58.8 Å².